The van der Waals surface area contributed by atoms with Crippen LogP contribution in [0.2, 0.25) is 5.02 Å². The molecule has 0 saturated heterocycles. The molecular formula is C23H21ClN2O6S. The van der Waals surface area contributed by atoms with Crippen LogP contribution in [0.25, 0.3) is 0 Å². The van der Waals surface area contributed by atoms with E-state index >= 15 is 0 Å². The van der Waals surface area contributed by atoms with E-state index < -0.39 is 15.9 Å². The lowest BCUT2D eigenvalue weighted by Gasteiger charge is -2.17. The molecule has 0 bridgehead atoms. The normalized spacial score (nSPS) is 10.9. The standard InChI is InChI=1S/C23H21ClN2O6S/c1-14(27)15-5-4-6-17(11-15)25-23(28)19-12-21(31-2)22(32-3)13-20(19)26-33(29,30)18-9-7-16(24)8-10-18/h4-13,26H,1-3H3,(H,25,28). The first kappa shape index (κ1) is 24.1. The molecule has 0 aliphatic carbocycles. The Morgan fingerprint density at radius 3 is 2.15 bits per heavy atom. The zero-order valence-corrected chi connectivity index (χ0v) is 19.6. The van der Waals surface area contributed by atoms with Gasteiger partial charge in [0, 0.05) is 22.3 Å². The average Bonchev–Trinajstić information content (AvgIpc) is 2.78. The summed E-state index contributed by atoms with van der Waals surface area (Å²) in [7, 11) is -1.26. The maximum absolute atomic E-state index is 13.1. The van der Waals surface area contributed by atoms with Gasteiger partial charge in [0.2, 0.25) is 0 Å². The van der Waals surface area contributed by atoms with Crippen LogP contribution in [0.3, 0.4) is 0 Å². The molecule has 8 nitrogen and oxygen atoms in total. The number of carbonyl (C=O) groups excluding carboxylic acids is 2. The number of benzene rings is 3. The van der Waals surface area contributed by atoms with Crippen LogP contribution >= 0.6 is 11.6 Å². The second kappa shape index (κ2) is 9.93. The van der Waals surface area contributed by atoms with E-state index in [9.17, 15) is 18.0 Å². The van der Waals surface area contributed by atoms with E-state index in [0.29, 0.717) is 16.3 Å². The smallest absolute Gasteiger partial charge is 0.261 e. The van der Waals surface area contributed by atoms with Gasteiger partial charge in [0.05, 0.1) is 30.4 Å². The number of Topliss-reactive ketones (excluding diaryl/α,β-unsaturated/α-hetero) is 1. The number of hydrogen-bond acceptors (Lipinski definition) is 6. The third kappa shape index (κ3) is 5.63. The van der Waals surface area contributed by atoms with Crippen molar-refractivity contribution in [2.75, 3.05) is 24.3 Å². The number of anilines is 2. The Morgan fingerprint density at radius 2 is 1.55 bits per heavy atom. The molecule has 2 N–H and O–H groups in total. The minimum atomic E-state index is -4.05. The van der Waals surface area contributed by atoms with Crippen LogP contribution < -0.4 is 19.5 Å². The molecule has 33 heavy (non-hydrogen) atoms. The summed E-state index contributed by atoms with van der Waals surface area (Å²) < 4.78 is 38.8. The van der Waals surface area contributed by atoms with Gasteiger partial charge in [-0.1, -0.05) is 23.7 Å². The van der Waals surface area contributed by atoms with Crippen LogP contribution in [0, 0.1) is 0 Å². The van der Waals surface area contributed by atoms with E-state index in [4.69, 9.17) is 21.1 Å². The zero-order chi connectivity index (χ0) is 24.2. The van der Waals surface area contributed by atoms with E-state index in [2.05, 4.69) is 10.0 Å². The Balaban J connectivity index is 2.03. The number of ketones is 1. The maximum atomic E-state index is 13.1. The zero-order valence-electron chi connectivity index (χ0n) is 18.0. The van der Waals surface area contributed by atoms with Crippen LogP contribution in [0.4, 0.5) is 11.4 Å². The first-order chi connectivity index (χ1) is 15.6. The monoisotopic (exact) mass is 488 g/mol. The summed E-state index contributed by atoms with van der Waals surface area (Å²) in [6.45, 7) is 1.42. The number of rotatable bonds is 8. The van der Waals surface area contributed by atoms with Gasteiger partial charge in [0.25, 0.3) is 15.9 Å². The van der Waals surface area contributed by atoms with Gasteiger partial charge in [-0.3, -0.25) is 14.3 Å². The lowest BCUT2D eigenvalue weighted by atomic mass is 10.1. The number of sulfonamides is 1. The van der Waals surface area contributed by atoms with Gasteiger partial charge in [-0.2, -0.15) is 0 Å². The average molecular weight is 489 g/mol. The van der Waals surface area contributed by atoms with Crippen LogP contribution in [0.1, 0.15) is 27.6 Å². The molecule has 1 amide bonds. The van der Waals surface area contributed by atoms with E-state index in [1.165, 1.54) is 63.6 Å². The molecule has 3 aromatic carbocycles. The number of halogens is 1. The molecule has 0 aliphatic heterocycles. The second-order valence-corrected chi connectivity index (χ2v) is 9.02. The highest BCUT2D eigenvalue weighted by Crippen LogP contribution is 2.35. The van der Waals surface area contributed by atoms with Gasteiger partial charge in [0.1, 0.15) is 0 Å². The molecule has 0 aliphatic rings. The molecule has 0 atom stereocenters. The number of hydrogen-bond donors (Lipinski definition) is 2. The molecule has 3 rings (SSSR count). The van der Waals surface area contributed by atoms with Crippen molar-refractivity contribution in [2.24, 2.45) is 0 Å². The topological polar surface area (TPSA) is 111 Å². The summed E-state index contributed by atoms with van der Waals surface area (Å²) in [6, 6.07) is 14.7. The van der Waals surface area contributed by atoms with Gasteiger partial charge in [-0.15, -0.1) is 0 Å². The van der Waals surface area contributed by atoms with E-state index in [1.54, 1.807) is 18.2 Å². The molecule has 3 aromatic rings. The fourth-order valence-corrected chi connectivity index (χ4v) is 4.18. The van der Waals surface area contributed by atoms with E-state index in [1.807, 2.05) is 0 Å². The van der Waals surface area contributed by atoms with Crippen LogP contribution in [0.15, 0.2) is 65.6 Å². The van der Waals surface area contributed by atoms with Crippen LogP contribution in [-0.2, 0) is 10.0 Å². The summed E-state index contributed by atoms with van der Waals surface area (Å²) in [4.78, 5) is 24.7. The molecular weight excluding hydrogens is 468 g/mol. The van der Waals surface area contributed by atoms with Crippen LogP contribution in [0.5, 0.6) is 11.5 Å². The molecule has 0 unspecified atom stereocenters. The minimum absolute atomic E-state index is 0.0154. The van der Waals surface area contributed by atoms with Gasteiger partial charge >= 0.3 is 0 Å². The largest absolute Gasteiger partial charge is 0.493 e. The fraction of sp³-hybridized carbons (Fsp3) is 0.130. The fourth-order valence-electron chi connectivity index (χ4n) is 2.98. The molecule has 0 radical (unpaired) electrons. The summed E-state index contributed by atoms with van der Waals surface area (Å²) in [6.07, 6.45) is 0. The number of nitrogens with one attached hydrogen (secondary N) is 2. The Morgan fingerprint density at radius 1 is 0.909 bits per heavy atom. The quantitative estimate of drug-likeness (QED) is 0.448. The van der Waals surface area contributed by atoms with Gasteiger partial charge < -0.3 is 14.8 Å². The molecule has 0 fully saturated rings. The van der Waals surface area contributed by atoms with Crippen molar-refractivity contribution in [1.82, 2.24) is 0 Å². The van der Waals surface area contributed by atoms with Crippen molar-refractivity contribution in [3.8, 4) is 11.5 Å². The van der Waals surface area contributed by atoms with Crippen molar-refractivity contribution in [2.45, 2.75) is 11.8 Å². The highest BCUT2D eigenvalue weighted by atomic mass is 35.5. The Bertz CT molecular complexity index is 1310. The Labute approximate surface area is 196 Å². The van der Waals surface area contributed by atoms with E-state index in [0.717, 1.165) is 0 Å². The Kier molecular flexibility index (Phi) is 7.25. The third-order valence-electron chi connectivity index (χ3n) is 4.66. The lowest BCUT2D eigenvalue weighted by Crippen LogP contribution is -2.19. The first-order valence-corrected chi connectivity index (χ1v) is 11.5. The van der Waals surface area contributed by atoms with Gasteiger partial charge in [-0.25, -0.2) is 8.42 Å². The SMILES string of the molecule is COc1cc(NS(=O)(=O)c2ccc(Cl)cc2)c(C(=O)Nc2cccc(C(C)=O)c2)cc1OC. The first-order valence-electron chi connectivity index (χ1n) is 9.61. The summed E-state index contributed by atoms with van der Waals surface area (Å²) in [5.74, 6) is -0.324. The van der Waals surface area contributed by atoms with Crippen LogP contribution in [-0.4, -0.2) is 34.3 Å². The lowest BCUT2D eigenvalue weighted by molar-refractivity contribution is 0.101. The maximum Gasteiger partial charge on any atom is 0.261 e. The minimum Gasteiger partial charge on any atom is -0.493 e. The molecule has 172 valence electrons. The Hall–Kier alpha value is -3.56. The van der Waals surface area contributed by atoms with Crippen molar-refractivity contribution < 1.29 is 27.5 Å². The predicted molar refractivity (Wildman–Crippen MR) is 126 cm³/mol. The highest BCUT2D eigenvalue weighted by molar-refractivity contribution is 7.92. The number of carbonyl (C=O) groups is 2. The second-order valence-electron chi connectivity index (χ2n) is 6.90. The number of ether oxygens (including phenoxy) is 2. The molecule has 0 heterocycles. The summed E-state index contributed by atoms with van der Waals surface area (Å²) >= 11 is 5.85. The molecule has 0 aromatic heterocycles. The molecule has 0 saturated carbocycles. The predicted octanol–water partition coefficient (Wildman–Crippen LogP) is 4.61. The molecule has 0 spiro atoms. The van der Waals surface area contributed by atoms with Gasteiger partial charge in [0.15, 0.2) is 17.3 Å². The third-order valence-corrected chi connectivity index (χ3v) is 6.30. The van der Waals surface area contributed by atoms with Crippen molar-refractivity contribution in [3.63, 3.8) is 0 Å². The highest BCUT2D eigenvalue weighted by Gasteiger charge is 2.22. The van der Waals surface area contributed by atoms with E-state index in [-0.39, 0.29) is 33.4 Å². The summed E-state index contributed by atoms with van der Waals surface area (Å²) in [5.41, 5.74) is 0.749. The van der Waals surface area contributed by atoms with Crippen molar-refractivity contribution >= 4 is 44.7 Å². The summed E-state index contributed by atoms with van der Waals surface area (Å²) in [5, 5.41) is 3.06. The van der Waals surface area contributed by atoms with Crippen molar-refractivity contribution in [3.05, 3.63) is 76.8 Å². The van der Waals surface area contributed by atoms with Gasteiger partial charge in [-0.05, 0) is 49.4 Å². The molecule has 10 heteroatoms. The number of amides is 1. The number of methoxy groups -OCH3 is 2. The van der Waals surface area contributed by atoms with Crippen molar-refractivity contribution in [1.29, 1.82) is 0 Å².